The first-order valence-electron chi connectivity index (χ1n) is 7.56. The van der Waals surface area contributed by atoms with Crippen LogP contribution in [0.4, 0.5) is 5.69 Å². The standard InChI is InChI=1S/C18H17ClN2O2/c1-2-15(11-4-3-5-14(19)9-11)21-18(23)12-6-7-16-13(8-12)10-17(22)20-16/h3-9,15H,2,10H2,1H3,(H,20,22)(H,21,23)/t15-/m0/s1. The van der Waals surface area contributed by atoms with Gasteiger partial charge in [0.1, 0.15) is 0 Å². The molecule has 4 nitrogen and oxygen atoms in total. The Morgan fingerprint density at radius 1 is 1.30 bits per heavy atom. The Labute approximate surface area is 139 Å². The molecular formula is C18H17ClN2O2. The Hall–Kier alpha value is -2.33. The van der Waals surface area contributed by atoms with E-state index in [1.165, 1.54) is 0 Å². The second-order valence-electron chi connectivity index (χ2n) is 5.59. The lowest BCUT2D eigenvalue weighted by Crippen LogP contribution is -2.28. The third-order valence-electron chi connectivity index (χ3n) is 3.96. The maximum atomic E-state index is 12.5. The van der Waals surface area contributed by atoms with Crippen LogP contribution in [0.3, 0.4) is 0 Å². The van der Waals surface area contributed by atoms with Crippen molar-refractivity contribution in [3.63, 3.8) is 0 Å². The minimum absolute atomic E-state index is 0.0390. The van der Waals surface area contributed by atoms with Crippen LogP contribution in [0.25, 0.3) is 0 Å². The number of nitrogens with one attached hydrogen (secondary N) is 2. The number of anilines is 1. The van der Waals surface area contributed by atoms with Gasteiger partial charge in [0.25, 0.3) is 5.91 Å². The highest BCUT2D eigenvalue weighted by Gasteiger charge is 2.20. The first-order chi connectivity index (χ1) is 11.1. The molecule has 1 atom stereocenters. The number of carbonyl (C=O) groups is 2. The van der Waals surface area contributed by atoms with Crippen molar-refractivity contribution in [2.45, 2.75) is 25.8 Å². The molecule has 2 amide bonds. The van der Waals surface area contributed by atoms with Gasteiger partial charge in [-0.3, -0.25) is 9.59 Å². The number of hydrogen-bond acceptors (Lipinski definition) is 2. The summed E-state index contributed by atoms with van der Waals surface area (Å²) in [4.78, 5) is 23.9. The molecule has 0 aliphatic carbocycles. The monoisotopic (exact) mass is 328 g/mol. The first-order valence-corrected chi connectivity index (χ1v) is 7.93. The van der Waals surface area contributed by atoms with Crippen LogP contribution in [0, 0.1) is 0 Å². The smallest absolute Gasteiger partial charge is 0.251 e. The number of rotatable bonds is 4. The van der Waals surface area contributed by atoms with Gasteiger partial charge in [-0.05, 0) is 47.9 Å². The van der Waals surface area contributed by atoms with Gasteiger partial charge in [-0.25, -0.2) is 0 Å². The van der Waals surface area contributed by atoms with Crippen LogP contribution in [0.5, 0.6) is 0 Å². The molecule has 0 saturated heterocycles. The molecule has 0 unspecified atom stereocenters. The van der Waals surface area contributed by atoms with Gasteiger partial charge in [-0.15, -0.1) is 0 Å². The number of halogens is 1. The van der Waals surface area contributed by atoms with Gasteiger partial charge in [0, 0.05) is 16.3 Å². The fourth-order valence-electron chi connectivity index (χ4n) is 2.76. The Kier molecular flexibility index (Phi) is 4.35. The Morgan fingerprint density at radius 3 is 2.87 bits per heavy atom. The first kappa shape index (κ1) is 15.6. The van der Waals surface area contributed by atoms with E-state index in [2.05, 4.69) is 10.6 Å². The summed E-state index contributed by atoms with van der Waals surface area (Å²) in [7, 11) is 0. The van der Waals surface area contributed by atoms with E-state index in [9.17, 15) is 9.59 Å². The second kappa shape index (κ2) is 6.42. The summed E-state index contributed by atoms with van der Waals surface area (Å²) in [5.41, 5.74) is 3.18. The SMILES string of the molecule is CC[C@H](NC(=O)c1ccc2c(c1)CC(=O)N2)c1cccc(Cl)c1. The van der Waals surface area contributed by atoms with Crippen LogP contribution in [-0.2, 0) is 11.2 Å². The van der Waals surface area contributed by atoms with E-state index in [4.69, 9.17) is 11.6 Å². The van der Waals surface area contributed by atoms with E-state index in [0.717, 1.165) is 23.2 Å². The lowest BCUT2D eigenvalue weighted by atomic mass is 10.0. The summed E-state index contributed by atoms with van der Waals surface area (Å²) < 4.78 is 0. The van der Waals surface area contributed by atoms with Crippen LogP contribution < -0.4 is 10.6 Å². The summed E-state index contributed by atoms with van der Waals surface area (Å²) in [5, 5.41) is 6.44. The number of hydrogen-bond donors (Lipinski definition) is 2. The van der Waals surface area contributed by atoms with Gasteiger partial charge in [0.15, 0.2) is 0 Å². The molecule has 2 N–H and O–H groups in total. The van der Waals surface area contributed by atoms with Crippen molar-refractivity contribution in [3.8, 4) is 0 Å². The molecule has 1 heterocycles. The molecule has 118 valence electrons. The average Bonchev–Trinajstić information content (AvgIpc) is 2.91. The highest BCUT2D eigenvalue weighted by molar-refractivity contribution is 6.30. The molecule has 23 heavy (non-hydrogen) atoms. The largest absolute Gasteiger partial charge is 0.345 e. The zero-order chi connectivity index (χ0) is 16.4. The third kappa shape index (κ3) is 3.37. The lowest BCUT2D eigenvalue weighted by Gasteiger charge is -2.18. The normalized spacial score (nSPS) is 14.1. The molecular weight excluding hydrogens is 312 g/mol. The highest BCUT2D eigenvalue weighted by atomic mass is 35.5. The van der Waals surface area contributed by atoms with Crippen molar-refractivity contribution in [1.29, 1.82) is 0 Å². The molecule has 0 fully saturated rings. The number of carbonyl (C=O) groups excluding carboxylic acids is 2. The predicted octanol–water partition coefficient (Wildman–Crippen LogP) is 3.72. The van der Waals surface area contributed by atoms with Crippen LogP contribution >= 0.6 is 11.6 Å². The van der Waals surface area contributed by atoms with Gasteiger partial charge in [-0.1, -0.05) is 30.7 Å². The van der Waals surface area contributed by atoms with Gasteiger partial charge < -0.3 is 10.6 Å². The number of benzene rings is 2. The quantitative estimate of drug-likeness (QED) is 0.898. The van der Waals surface area contributed by atoms with Crippen molar-refractivity contribution in [2.24, 2.45) is 0 Å². The Bertz CT molecular complexity index is 773. The van der Waals surface area contributed by atoms with E-state index in [-0.39, 0.29) is 17.9 Å². The fraction of sp³-hybridized carbons (Fsp3) is 0.222. The zero-order valence-electron chi connectivity index (χ0n) is 12.7. The summed E-state index contributed by atoms with van der Waals surface area (Å²) in [6.45, 7) is 2.01. The van der Waals surface area contributed by atoms with Crippen molar-refractivity contribution < 1.29 is 9.59 Å². The molecule has 0 saturated carbocycles. The summed E-state index contributed by atoms with van der Waals surface area (Å²) in [6, 6.07) is 12.7. The predicted molar refractivity (Wildman–Crippen MR) is 90.7 cm³/mol. The van der Waals surface area contributed by atoms with Gasteiger partial charge >= 0.3 is 0 Å². The van der Waals surface area contributed by atoms with E-state index in [1.807, 2.05) is 31.2 Å². The topological polar surface area (TPSA) is 58.2 Å². The molecule has 0 aromatic heterocycles. The third-order valence-corrected chi connectivity index (χ3v) is 4.19. The Morgan fingerprint density at radius 2 is 2.13 bits per heavy atom. The van der Waals surface area contributed by atoms with Crippen molar-refractivity contribution in [2.75, 3.05) is 5.32 Å². The van der Waals surface area contributed by atoms with E-state index in [0.29, 0.717) is 17.0 Å². The minimum Gasteiger partial charge on any atom is -0.345 e. The zero-order valence-corrected chi connectivity index (χ0v) is 13.5. The summed E-state index contributed by atoms with van der Waals surface area (Å²) >= 11 is 6.03. The van der Waals surface area contributed by atoms with Crippen molar-refractivity contribution in [3.05, 3.63) is 64.2 Å². The second-order valence-corrected chi connectivity index (χ2v) is 6.02. The maximum absolute atomic E-state index is 12.5. The molecule has 0 bridgehead atoms. The number of amides is 2. The van der Waals surface area contributed by atoms with E-state index < -0.39 is 0 Å². The molecule has 0 radical (unpaired) electrons. The molecule has 0 spiro atoms. The van der Waals surface area contributed by atoms with E-state index >= 15 is 0 Å². The minimum atomic E-state index is -0.154. The summed E-state index contributed by atoms with van der Waals surface area (Å²) in [6.07, 6.45) is 1.08. The molecule has 3 rings (SSSR count). The summed E-state index contributed by atoms with van der Waals surface area (Å²) in [5.74, 6) is -0.193. The van der Waals surface area contributed by atoms with Crippen LogP contribution in [0.1, 0.15) is 40.9 Å². The van der Waals surface area contributed by atoms with Crippen LogP contribution in [0.15, 0.2) is 42.5 Å². The molecule has 1 aliphatic heterocycles. The number of fused-ring (bicyclic) bond motifs is 1. The van der Waals surface area contributed by atoms with Gasteiger partial charge in [0.2, 0.25) is 5.91 Å². The van der Waals surface area contributed by atoms with Crippen molar-refractivity contribution >= 4 is 29.1 Å². The van der Waals surface area contributed by atoms with Crippen LogP contribution in [0.2, 0.25) is 5.02 Å². The Balaban J connectivity index is 1.78. The van der Waals surface area contributed by atoms with Crippen molar-refractivity contribution in [1.82, 2.24) is 5.32 Å². The fourth-order valence-corrected chi connectivity index (χ4v) is 2.96. The van der Waals surface area contributed by atoms with Gasteiger partial charge in [-0.2, -0.15) is 0 Å². The van der Waals surface area contributed by atoms with E-state index in [1.54, 1.807) is 18.2 Å². The molecule has 2 aromatic carbocycles. The highest BCUT2D eigenvalue weighted by Crippen LogP contribution is 2.25. The molecule has 1 aliphatic rings. The van der Waals surface area contributed by atoms with Crippen LogP contribution in [-0.4, -0.2) is 11.8 Å². The lowest BCUT2D eigenvalue weighted by molar-refractivity contribution is -0.115. The maximum Gasteiger partial charge on any atom is 0.251 e. The molecule has 2 aromatic rings. The molecule has 5 heteroatoms. The average molecular weight is 329 g/mol. The van der Waals surface area contributed by atoms with Gasteiger partial charge in [0.05, 0.1) is 12.5 Å².